The number of methoxy groups -OCH3 is 1. The van der Waals surface area contributed by atoms with Gasteiger partial charge in [0.2, 0.25) is 0 Å². The zero-order valence-electron chi connectivity index (χ0n) is 12.2. The van der Waals surface area contributed by atoms with Gasteiger partial charge in [-0.25, -0.2) is 0 Å². The molecule has 0 aliphatic carbocycles. The Labute approximate surface area is 128 Å². The second kappa shape index (κ2) is 7.53. The zero-order valence-corrected chi connectivity index (χ0v) is 12.2. The van der Waals surface area contributed by atoms with Crippen LogP contribution in [0.1, 0.15) is 17.2 Å². The van der Waals surface area contributed by atoms with Crippen LogP contribution in [0.2, 0.25) is 0 Å². The highest BCUT2D eigenvalue weighted by atomic mass is 16.6. The van der Waals surface area contributed by atoms with Gasteiger partial charge in [-0.15, -0.1) is 0 Å². The van der Waals surface area contributed by atoms with E-state index in [-0.39, 0.29) is 5.69 Å². The molecule has 116 valence electrons. The van der Waals surface area contributed by atoms with Crippen LogP contribution in [0.15, 0.2) is 48.5 Å². The third-order valence-electron chi connectivity index (χ3n) is 3.31. The first kappa shape index (κ1) is 15.9. The van der Waals surface area contributed by atoms with Gasteiger partial charge in [0.1, 0.15) is 5.75 Å². The fraction of sp³-hybridized carbons (Fsp3) is 0.250. The Hall–Kier alpha value is -2.44. The van der Waals surface area contributed by atoms with Gasteiger partial charge < -0.3 is 15.2 Å². The largest absolute Gasteiger partial charge is 0.497 e. The summed E-state index contributed by atoms with van der Waals surface area (Å²) in [7, 11) is 1.62. The third kappa shape index (κ3) is 4.28. The van der Waals surface area contributed by atoms with Crippen LogP contribution in [0, 0.1) is 10.1 Å². The number of nitrogens with zero attached hydrogens (tertiary/aromatic N) is 1. The predicted molar refractivity (Wildman–Crippen MR) is 82.8 cm³/mol. The lowest BCUT2D eigenvalue weighted by molar-refractivity contribution is -0.384. The molecule has 0 aliphatic heterocycles. The lowest BCUT2D eigenvalue weighted by Gasteiger charge is -2.12. The molecule has 0 saturated heterocycles. The molecule has 0 amide bonds. The van der Waals surface area contributed by atoms with Crippen LogP contribution in [0.4, 0.5) is 5.69 Å². The fourth-order valence-electron chi connectivity index (χ4n) is 2.03. The summed E-state index contributed by atoms with van der Waals surface area (Å²) in [5.74, 6) is 0.801. The first-order valence-electron chi connectivity index (χ1n) is 6.86. The number of rotatable bonds is 7. The van der Waals surface area contributed by atoms with Crippen molar-refractivity contribution in [2.75, 3.05) is 13.7 Å². The molecule has 0 fully saturated rings. The molecule has 2 rings (SSSR count). The Morgan fingerprint density at radius 3 is 2.36 bits per heavy atom. The number of aliphatic hydroxyl groups excluding tert-OH is 1. The molecule has 0 saturated carbocycles. The Kier molecular flexibility index (Phi) is 5.46. The summed E-state index contributed by atoms with van der Waals surface area (Å²) >= 11 is 0. The fourth-order valence-corrected chi connectivity index (χ4v) is 2.03. The van der Waals surface area contributed by atoms with E-state index in [1.807, 2.05) is 24.3 Å². The summed E-state index contributed by atoms with van der Waals surface area (Å²) in [6.45, 7) is 0.984. The highest BCUT2D eigenvalue weighted by Gasteiger charge is 2.10. The number of non-ortho nitro benzene ring substituents is 1. The number of nitro groups is 1. The smallest absolute Gasteiger partial charge is 0.269 e. The van der Waals surface area contributed by atoms with E-state index in [0.717, 1.165) is 11.3 Å². The van der Waals surface area contributed by atoms with Gasteiger partial charge in [-0.05, 0) is 35.4 Å². The van der Waals surface area contributed by atoms with Gasteiger partial charge in [-0.3, -0.25) is 10.1 Å². The van der Waals surface area contributed by atoms with Gasteiger partial charge in [0.25, 0.3) is 5.69 Å². The standard InChI is InChI=1S/C16H18N2O4/c1-22-15-8-2-12(3-9-15)10-17-11-16(19)13-4-6-14(7-5-13)18(20)21/h2-9,16-17,19H,10-11H2,1H3/t16-/m1/s1. The van der Waals surface area contributed by atoms with Crippen molar-refractivity contribution >= 4 is 5.69 Å². The van der Waals surface area contributed by atoms with Crippen molar-refractivity contribution in [1.29, 1.82) is 0 Å². The third-order valence-corrected chi connectivity index (χ3v) is 3.31. The number of hydrogen-bond acceptors (Lipinski definition) is 5. The molecule has 0 unspecified atom stereocenters. The summed E-state index contributed by atoms with van der Waals surface area (Å²) in [5.41, 5.74) is 1.74. The average Bonchev–Trinajstić information content (AvgIpc) is 2.55. The van der Waals surface area contributed by atoms with E-state index < -0.39 is 11.0 Å². The molecule has 0 heterocycles. The summed E-state index contributed by atoms with van der Waals surface area (Å²) in [4.78, 5) is 10.1. The average molecular weight is 302 g/mol. The molecule has 1 atom stereocenters. The minimum Gasteiger partial charge on any atom is -0.497 e. The zero-order chi connectivity index (χ0) is 15.9. The molecule has 6 heteroatoms. The molecule has 2 N–H and O–H groups in total. The van der Waals surface area contributed by atoms with Crippen LogP contribution >= 0.6 is 0 Å². The van der Waals surface area contributed by atoms with Crippen LogP contribution in [-0.2, 0) is 6.54 Å². The first-order chi connectivity index (χ1) is 10.6. The molecule has 0 aliphatic rings. The van der Waals surface area contributed by atoms with Crippen LogP contribution in [0.3, 0.4) is 0 Å². The van der Waals surface area contributed by atoms with Crippen LogP contribution < -0.4 is 10.1 Å². The second-order valence-corrected chi connectivity index (χ2v) is 4.84. The summed E-state index contributed by atoms with van der Waals surface area (Å²) in [6, 6.07) is 13.6. The Morgan fingerprint density at radius 1 is 1.18 bits per heavy atom. The van der Waals surface area contributed by atoms with E-state index in [0.29, 0.717) is 18.7 Å². The monoisotopic (exact) mass is 302 g/mol. The maximum Gasteiger partial charge on any atom is 0.269 e. The van der Waals surface area contributed by atoms with Crippen LogP contribution in [-0.4, -0.2) is 23.7 Å². The topological polar surface area (TPSA) is 84.6 Å². The summed E-state index contributed by atoms with van der Waals surface area (Å²) in [6.07, 6.45) is -0.709. The first-order valence-corrected chi connectivity index (χ1v) is 6.86. The SMILES string of the molecule is COc1ccc(CNC[C@@H](O)c2ccc([N+](=O)[O-])cc2)cc1. The molecule has 0 spiro atoms. The normalized spacial score (nSPS) is 11.9. The summed E-state index contributed by atoms with van der Waals surface area (Å²) < 4.78 is 5.09. The molecule has 0 bridgehead atoms. The van der Waals surface area contributed by atoms with E-state index in [1.54, 1.807) is 19.2 Å². The van der Waals surface area contributed by atoms with Gasteiger partial charge in [0.15, 0.2) is 0 Å². The number of nitrogens with one attached hydrogen (secondary N) is 1. The number of benzene rings is 2. The van der Waals surface area contributed by atoms with Crippen molar-refractivity contribution in [3.63, 3.8) is 0 Å². The predicted octanol–water partition coefficient (Wildman–Crippen LogP) is 2.43. The van der Waals surface area contributed by atoms with E-state index in [4.69, 9.17) is 4.74 Å². The number of hydrogen-bond donors (Lipinski definition) is 2. The Morgan fingerprint density at radius 2 is 1.82 bits per heavy atom. The molecule has 2 aromatic carbocycles. The highest BCUT2D eigenvalue weighted by Crippen LogP contribution is 2.17. The molecule has 0 aromatic heterocycles. The Bertz CT molecular complexity index is 611. The minimum absolute atomic E-state index is 0.0159. The second-order valence-electron chi connectivity index (χ2n) is 4.84. The van der Waals surface area contributed by atoms with E-state index >= 15 is 0 Å². The van der Waals surface area contributed by atoms with Crippen molar-refractivity contribution in [2.24, 2.45) is 0 Å². The van der Waals surface area contributed by atoms with Gasteiger partial charge in [-0.1, -0.05) is 12.1 Å². The van der Waals surface area contributed by atoms with Gasteiger partial charge in [-0.2, -0.15) is 0 Å². The van der Waals surface area contributed by atoms with Gasteiger partial charge >= 0.3 is 0 Å². The van der Waals surface area contributed by atoms with Crippen molar-refractivity contribution in [3.05, 3.63) is 69.8 Å². The maximum absolute atomic E-state index is 10.6. The number of aliphatic hydroxyl groups is 1. The van der Waals surface area contributed by atoms with Crippen molar-refractivity contribution in [3.8, 4) is 5.75 Å². The number of ether oxygens (including phenoxy) is 1. The van der Waals surface area contributed by atoms with Crippen LogP contribution in [0.25, 0.3) is 0 Å². The molecule has 22 heavy (non-hydrogen) atoms. The molecular weight excluding hydrogens is 284 g/mol. The van der Waals surface area contributed by atoms with E-state index in [1.165, 1.54) is 12.1 Å². The van der Waals surface area contributed by atoms with Crippen molar-refractivity contribution in [1.82, 2.24) is 5.32 Å². The highest BCUT2D eigenvalue weighted by molar-refractivity contribution is 5.34. The Balaban J connectivity index is 1.83. The van der Waals surface area contributed by atoms with Crippen molar-refractivity contribution in [2.45, 2.75) is 12.6 Å². The van der Waals surface area contributed by atoms with Crippen LogP contribution in [0.5, 0.6) is 5.75 Å². The lowest BCUT2D eigenvalue weighted by Crippen LogP contribution is -2.21. The van der Waals surface area contributed by atoms with E-state index in [2.05, 4.69) is 5.32 Å². The molecule has 2 aromatic rings. The summed E-state index contributed by atoms with van der Waals surface area (Å²) in [5, 5.41) is 23.8. The molecular formula is C16H18N2O4. The lowest BCUT2D eigenvalue weighted by atomic mass is 10.1. The number of nitro benzene ring substituents is 1. The van der Waals surface area contributed by atoms with Gasteiger partial charge in [0, 0.05) is 25.2 Å². The van der Waals surface area contributed by atoms with E-state index in [9.17, 15) is 15.2 Å². The minimum atomic E-state index is -0.709. The quantitative estimate of drug-likeness (QED) is 0.606. The molecule has 0 radical (unpaired) electrons. The van der Waals surface area contributed by atoms with Crippen molar-refractivity contribution < 1.29 is 14.8 Å². The maximum atomic E-state index is 10.6. The van der Waals surface area contributed by atoms with Gasteiger partial charge in [0.05, 0.1) is 18.1 Å². The molecule has 6 nitrogen and oxygen atoms in total.